The van der Waals surface area contributed by atoms with E-state index in [-0.39, 0.29) is 5.56 Å². The summed E-state index contributed by atoms with van der Waals surface area (Å²) in [5.74, 6) is -0.892. The maximum absolute atomic E-state index is 12.9. The number of anilines is 1. The van der Waals surface area contributed by atoms with Gasteiger partial charge in [-0.05, 0) is 48.0 Å². The molecular formula is C21H15Cl3N2O2. The van der Waals surface area contributed by atoms with E-state index in [1.54, 1.807) is 72.8 Å². The van der Waals surface area contributed by atoms with Gasteiger partial charge in [-0.1, -0.05) is 65.1 Å². The molecule has 28 heavy (non-hydrogen) atoms. The third-order valence-corrected chi connectivity index (χ3v) is 4.77. The summed E-state index contributed by atoms with van der Waals surface area (Å²) in [4.78, 5) is 25.6. The molecule has 0 aliphatic rings. The summed E-state index contributed by atoms with van der Waals surface area (Å²) < 4.78 is 0. The van der Waals surface area contributed by atoms with E-state index in [0.717, 1.165) is 0 Å². The first-order chi connectivity index (χ1) is 13.4. The number of benzene rings is 3. The highest BCUT2D eigenvalue weighted by atomic mass is 35.5. The fraction of sp³-hybridized carbons (Fsp3) is 0.0476. The second-order valence-electron chi connectivity index (χ2n) is 5.94. The van der Waals surface area contributed by atoms with Gasteiger partial charge in [-0.25, -0.2) is 0 Å². The number of halogens is 3. The zero-order valence-corrected chi connectivity index (χ0v) is 16.7. The maximum atomic E-state index is 12.9. The van der Waals surface area contributed by atoms with Crippen LogP contribution in [0.5, 0.6) is 0 Å². The average molecular weight is 434 g/mol. The van der Waals surface area contributed by atoms with Gasteiger partial charge in [0.25, 0.3) is 11.8 Å². The summed E-state index contributed by atoms with van der Waals surface area (Å²) in [6.07, 6.45) is 0. The van der Waals surface area contributed by atoms with Crippen LogP contribution >= 0.6 is 34.8 Å². The van der Waals surface area contributed by atoms with Crippen LogP contribution in [0.15, 0.2) is 72.8 Å². The predicted octanol–water partition coefficient (Wildman–Crippen LogP) is 5.76. The van der Waals surface area contributed by atoms with Crippen molar-refractivity contribution < 1.29 is 9.59 Å². The molecule has 4 nitrogen and oxygen atoms in total. The van der Waals surface area contributed by atoms with Crippen molar-refractivity contribution in [2.45, 2.75) is 6.04 Å². The van der Waals surface area contributed by atoms with Gasteiger partial charge in [0, 0.05) is 15.7 Å². The van der Waals surface area contributed by atoms with Crippen LogP contribution in [-0.4, -0.2) is 11.8 Å². The molecule has 0 bridgehead atoms. The summed E-state index contributed by atoms with van der Waals surface area (Å²) in [7, 11) is 0. The number of hydrogen-bond acceptors (Lipinski definition) is 2. The van der Waals surface area contributed by atoms with Crippen molar-refractivity contribution in [3.8, 4) is 0 Å². The van der Waals surface area contributed by atoms with Crippen molar-refractivity contribution in [1.29, 1.82) is 0 Å². The van der Waals surface area contributed by atoms with Gasteiger partial charge in [0.2, 0.25) is 0 Å². The minimum Gasteiger partial charge on any atom is -0.336 e. The standard InChI is InChI=1S/C21H15Cl3N2O2/c22-14-10-8-13(9-11-14)19(21(28)25-16-5-3-4-15(23)12-16)26-20(27)17-6-1-2-7-18(17)24/h1-12,19H,(H,25,28)(H,26,27)/t19-/m0/s1. The SMILES string of the molecule is O=C(N[C@H](C(=O)Nc1cccc(Cl)c1)c1ccc(Cl)cc1)c1ccccc1Cl. The molecule has 0 aliphatic heterocycles. The molecule has 142 valence electrons. The zero-order chi connectivity index (χ0) is 20.1. The Morgan fingerprint density at radius 1 is 0.786 bits per heavy atom. The van der Waals surface area contributed by atoms with Gasteiger partial charge in [-0.3, -0.25) is 9.59 Å². The molecule has 0 spiro atoms. The molecule has 3 aromatic carbocycles. The Labute approximate surface area is 177 Å². The highest BCUT2D eigenvalue weighted by Gasteiger charge is 2.24. The molecule has 0 unspecified atom stereocenters. The smallest absolute Gasteiger partial charge is 0.253 e. The van der Waals surface area contributed by atoms with Crippen molar-refractivity contribution in [1.82, 2.24) is 5.32 Å². The minimum atomic E-state index is -0.958. The molecule has 3 rings (SSSR count). The normalized spacial score (nSPS) is 11.5. The first-order valence-corrected chi connectivity index (χ1v) is 9.45. The van der Waals surface area contributed by atoms with E-state index in [4.69, 9.17) is 34.8 Å². The van der Waals surface area contributed by atoms with Gasteiger partial charge in [-0.2, -0.15) is 0 Å². The number of rotatable bonds is 5. The predicted molar refractivity (Wildman–Crippen MR) is 113 cm³/mol. The molecule has 0 heterocycles. The number of carbonyl (C=O) groups is 2. The molecule has 0 saturated carbocycles. The van der Waals surface area contributed by atoms with Gasteiger partial charge in [-0.15, -0.1) is 0 Å². The summed E-state index contributed by atoms with van der Waals surface area (Å²) in [6, 6.07) is 19.1. The fourth-order valence-corrected chi connectivity index (χ4v) is 3.13. The number of amides is 2. The van der Waals surface area contributed by atoms with Crippen molar-refractivity contribution >= 4 is 52.3 Å². The van der Waals surface area contributed by atoms with Crippen LogP contribution in [-0.2, 0) is 4.79 Å². The largest absolute Gasteiger partial charge is 0.336 e. The van der Waals surface area contributed by atoms with E-state index in [9.17, 15) is 9.59 Å². The van der Waals surface area contributed by atoms with Gasteiger partial charge in [0.1, 0.15) is 6.04 Å². The molecule has 7 heteroatoms. The maximum Gasteiger partial charge on any atom is 0.253 e. The number of nitrogens with one attached hydrogen (secondary N) is 2. The molecule has 2 N–H and O–H groups in total. The molecule has 3 aromatic rings. The number of hydrogen-bond donors (Lipinski definition) is 2. The Kier molecular flexibility index (Phi) is 6.57. The molecule has 2 amide bonds. The Morgan fingerprint density at radius 3 is 2.18 bits per heavy atom. The summed E-state index contributed by atoms with van der Waals surface area (Å²) in [5, 5.41) is 6.80. The van der Waals surface area contributed by atoms with Crippen molar-refractivity contribution in [3.05, 3.63) is 99.0 Å². The second-order valence-corrected chi connectivity index (χ2v) is 7.22. The zero-order valence-electron chi connectivity index (χ0n) is 14.5. The van der Waals surface area contributed by atoms with Crippen LogP contribution in [0.4, 0.5) is 5.69 Å². The highest BCUT2D eigenvalue weighted by Crippen LogP contribution is 2.22. The third-order valence-electron chi connectivity index (χ3n) is 3.95. The second kappa shape index (κ2) is 9.11. The van der Waals surface area contributed by atoms with Gasteiger partial charge in [0.15, 0.2) is 0 Å². The molecular weight excluding hydrogens is 419 g/mol. The lowest BCUT2D eigenvalue weighted by Gasteiger charge is -2.19. The summed E-state index contributed by atoms with van der Waals surface area (Å²) >= 11 is 18.0. The van der Waals surface area contributed by atoms with Crippen LogP contribution in [0, 0.1) is 0 Å². The average Bonchev–Trinajstić information content (AvgIpc) is 2.67. The van der Waals surface area contributed by atoms with Crippen LogP contribution in [0.3, 0.4) is 0 Å². The topological polar surface area (TPSA) is 58.2 Å². The Hall–Kier alpha value is -2.53. The van der Waals surface area contributed by atoms with E-state index < -0.39 is 17.9 Å². The molecule has 0 fully saturated rings. The lowest BCUT2D eigenvalue weighted by Crippen LogP contribution is -2.37. The lowest BCUT2D eigenvalue weighted by molar-refractivity contribution is -0.118. The number of carbonyl (C=O) groups excluding carboxylic acids is 2. The Bertz CT molecular complexity index is 1010. The molecule has 0 aromatic heterocycles. The van der Waals surface area contributed by atoms with E-state index >= 15 is 0 Å². The lowest BCUT2D eigenvalue weighted by atomic mass is 10.0. The summed E-state index contributed by atoms with van der Waals surface area (Å²) in [5.41, 5.74) is 1.37. The Morgan fingerprint density at radius 2 is 1.50 bits per heavy atom. The van der Waals surface area contributed by atoms with Crippen molar-refractivity contribution in [3.63, 3.8) is 0 Å². The van der Waals surface area contributed by atoms with Gasteiger partial charge >= 0.3 is 0 Å². The monoisotopic (exact) mass is 432 g/mol. The molecule has 0 saturated heterocycles. The fourth-order valence-electron chi connectivity index (χ4n) is 2.59. The van der Waals surface area contributed by atoms with Crippen molar-refractivity contribution in [2.24, 2.45) is 0 Å². The quantitative estimate of drug-likeness (QED) is 0.538. The molecule has 0 radical (unpaired) electrons. The van der Waals surface area contributed by atoms with Crippen LogP contribution in [0.1, 0.15) is 22.0 Å². The molecule has 1 atom stereocenters. The van der Waals surface area contributed by atoms with Crippen LogP contribution in [0.25, 0.3) is 0 Å². The first kappa shape index (κ1) is 20.2. The first-order valence-electron chi connectivity index (χ1n) is 8.31. The minimum absolute atomic E-state index is 0.277. The van der Waals surface area contributed by atoms with E-state index in [1.807, 2.05) is 0 Å². The van der Waals surface area contributed by atoms with Crippen LogP contribution in [0.2, 0.25) is 15.1 Å². The van der Waals surface area contributed by atoms with Gasteiger partial charge < -0.3 is 10.6 Å². The highest BCUT2D eigenvalue weighted by molar-refractivity contribution is 6.34. The van der Waals surface area contributed by atoms with E-state index in [0.29, 0.717) is 26.3 Å². The summed E-state index contributed by atoms with van der Waals surface area (Å²) in [6.45, 7) is 0. The van der Waals surface area contributed by atoms with Crippen LogP contribution < -0.4 is 10.6 Å². The van der Waals surface area contributed by atoms with Crippen molar-refractivity contribution in [2.75, 3.05) is 5.32 Å². The third kappa shape index (κ3) is 5.04. The van der Waals surface area contributed by atoms with E-state index in [1.165, 1.54) is 0 Å². The van der Waals surface area contributed by atoms with Gasteiger partial charge in [0.05, 0.1) is 10.6 Å². The van der Waals surface area contributed by atoms with E-state index in [2.05, 4.69) is 10.6 Å². The Balaban J connectivity index is 1.88. The molecule has 0 aliphatic carbocycles.